The Kier molecular flexibility index (Phi) is 3.97. The minimum Gasteiger partial charge on any atom is -0.322 e. The summed E-state index contributed by atoms with van der Waals surface area (Å²) in [5, 5.41) is 4.93. The van der Waals surface area contributed by atoms with Crippen LogP contribution in [-0.2, 0) is 0 Å². The number of rotatable bonds is 3. The van der Waals surface area contributed by atoms with Crippen molar-refractivity contribution in [2.24, 2.45) is 5.73 Å². The molecule has 2 N–H and O–H groups in total. The van der Waals surface area contributed by atoms with E-state index in [-0.39, 0.29) is 6.04 Å². The first-order valence-corrected chi connectivity index (χ1v) is 7.55. The molecule has 1 aromatic rings. The fourth-order valence-corrected chi connectivity index (χ4v) is 3.98. The van der Waals surface area contributed by atoms with Crippen molar-refractivity contribution in [3.63, 3.8) is 0 Å². The molecule has 0 spiro atoms. The highest BCUT2D eigenvalue weighted by Gasteiger charge is 2.28. The lowest BCUT2D eigenvalue weighted by Gasteiger charge is -2.21. The van der Waals surface area contributed by atoms with Crippen molar-refractivity contribution in [3.05, 3.63) is 16.4 Å². The van der Waals surface area contributed by atoms with E-state index in [1.54, 1.807) is 0 Å². The van der Waals surface area contributed by atoms with Gasteiger partial charge < -0.3 is 5.73 Å². The molecule has 1 aromatic heterocycles. The Labute approximate surface area is 109 Å². The van der Waals surface area contributed by atoms with Gasteiger partial charge in [0.2, 0.25) is 0 Å². The van der Waals surface area contributed by atoms with Crippen LogP contribution in [0.3, 0.4) is 0 Å². The summed E-state index contributed by atoms with van der Waals surface area (Å²) in [6, 6.07) is 0.450. The topological polar surface area (TPSA) is 43.8 Å². The number of aromatic nitrogens is 2. The first kappa shape index (κ1) is 12.5. The predicted octanol–water partition coefficient (Wildman–Crippen LogP) is 3.12. The van der Waals surface area contributed by atoms with Crippen LogP contribution in [0.4, 0.5) is 0 Å². The van der Waals surface area contributed by atoms with Crippen molar-refractivity contribution in [2.45, 2.75) is 44.0 Å². The lowest BCUT2D eigenvalue weighted by molar-refractivity contribution is 0.477. The van der Waals surface area contributed by atoms with Crippen molar-refractivity contribution in [1.82, 2.24) is 9.78 Å². The molecule has 1 aliphatic rings. The number of hydrogen-bond donors (Lipinski definition) is 1. The average Bonchev–Trinajstić information content (AvgIpc) is 2.84. The van der Waals surface area contributed by atoms with E-state index in [1.807, 2.05) is 22.6 Å². The molecule has 0 amide bonds. The molecule has 1 fully saturated rings. The first-order chi connectivity index (χ1) is 7.61. The van der Waals surface area contributed by atoms with Gasteiger partial charge in [0, 0.05) is 11.3 Å². The third kappa shape index (κ3) is 2.31. The van der Waals surface area contributed by atoms with E-state index < -0.39 is 0 Å². The third-order valence-electron chi connectivity index (χ3n) is 2.96. The van der Waals surface area contributed by atoms with Crippen LogP contribution >= 0.6 is 27.7 Å². The van der Waals surface area contributed by atoms with Crippen LogP contribution in [0.15, 0.2) is 10.7 Å². The number of thioether (sulfide) groups is 1. The van der Waals surface area contributed by atoms with Gasteiger partial charge in [-0.05, 0) is 48.4 Å². The van der Waals surface area contributed by atoms with Gasteiger partial charge in [-0.25, -0.2) is 0 Å². The maximum absolute atomic E-state index is 6.37. The summed E-state index contributed by atoms with van der Waals surface area (Å²) in [6.45, 7) is 4.27. The first-order valence-electron chi connectivity index (χ1n) is 5.71. The average molecular weight is 304 g/mol. The summed E-state index contributed by atoms with van der Waals surface area (Å²) in [5.41, 5.74) is 7.52. The molecular formula is C11H18BrN3S. The second-order valence-electron chi connectivity index (χ2n) is 4.49. The summed E-state index contributed by atoms with van der Waals surface area (Å²) < 4.78 is 3.08. The van der Waals surface area contributed by atoms with E-state index >= 15 is 0 Å². The molecule has 0 radical (unpaired) electrons. The van der Waals surface area contributed by atoms with Gasteiger partial charge in [-0.1, -0.05) is 0 Å². The molecular weight excluding hydrogens is 286 g/mol. The Hall–Kier alpha value is -0.0000000000000000555. The second kappa shape index (κ2) is 5.10. The van der Waals surface area contributed by atoms with Gasteiger partial charge in [-0.3, -0.25) is 4.68 Å². The molecule has 2 heterocycles. The molecule has 0 saturated carbocycles. The summed E-state index contributed by atoms with van der Waals surface area (Å²) >= 11 is 5.55. The highest BCUT2D eigenvalue weighted by molar-refractivity contribution is 9.10. The smallest absolute Gasteiger partial charge is 0.0707 e. The van der Waals surface area contributed by atoms with E-state index in [9.17, 15) is 0 Å². The Morgan fingerprint density at radius 3 is 2.94 bits per heavy atom. The fourth-order valence-electron chi connectivity index (χ4n) is 2.14. The van der Waals surface area contributed by atoms with Crippen molar-refractivity contribution in [3.8, 4) is 0 Å². The third-order valence-corrected chi connectivity index (χ3v) is 5.05. The van der Waals surface area contributed by atoms with Crippen LogP contribution in [-0.4, -0.2) is 20.8 Å². The zero-order valence-corrected chi connectivity index (χ0v) is 12.1. The Morgan fingerprint density at radius 2 is 2.38 bits per heavy atom. The maximum Gasteiger partial charge on any atom is 0.0707 e. The van der Waals surface area contributed by atoms with E-state index in [0.29, 0.717) is 11.3 Å². The molecule has 0 aromatic carbocycles. The van der Waals surface area contributed by atoms with Crippen molar-refractivity contribution in [2.75, 3.05) is 5.75 Å². The monoisotopic (exact) mass is 303 g/mol. The number of halogens is 1. The minimum atomic E-state index is 0.0896. The largest absolute Gasteiger partial charge is 0.322 e. The Bertz CT molecular complexity index is 358. The van der Waals surface area contributed by atoms with Crippen molar-refractivity contribution in [1.29, 1.82) is 0 Å². The van der Waals surface area contributed by atoms with Gasteiger partial charge in [0.1, 0.15) is 0 Å². The highest BCUT2D eigenvalue weighted by Crippen LogP contribution is 2.37. The zero-order valence-electron chi connectivity index (χ0n) is 9.69. The summed E-state index contributed by atoms with van der Waals surface area (Å²) in [7, 11) is 0. The zero-order chi connectivity index (χ0) is 11.7. The Morgan fingerprint density at radius 1 is 1.62 bits per heavy atom. The standard InChI is InChI=1S/C11H18BrN3S/c1-7(2)15-11(8(12)6-14-15)10(13)9-4-3-5-16-9/h6-7,9-10H,3-5,13H2,1-2H3. The van der Waals surface area contributed by atoms with Crippen LogP contribution in [0.2, 0.25) is 0 Å². The summed E-state index contributed by atoms with van der Waals surface area (Å²) in [4.78, 5) is 0. The normalized spacial score (nSPS) is 22.9. The molecule has 2 unspecified atom stereocenters. The molecule has 2 rings (SSSR count). The van der Waals surface area contributed by atoms with Gasteiger partial charge in [0.05, 0.1) is 22.4 Å². The Balaban J connectivity index is 2.27. The van der Waals surface area contributed by atoms with Gasteiger partial charge in [0.25, 0.3) is 0 Å². The SMILES string of the molecule is CC(C)n1ncc(Br)c1C(N)C1CCCS1. The van der Waals surface area contributed by atoms with E-state index in [1.165, 1.54) is 18.6 Å². The fraction of sp³-hybridized carbons (Fsp3) is 0.727. The van der Waals surface area contributed by atoms with Crippen LogP contribution in [0.1, 0.15) is 44.5 Å². The number of nitrogens with two attached hydrogens (primary N) is 1. The molecule has 16 heavy (non-hydrogen) atoms. The van der Waals surface area contributed by atoms with Crippen LogP contribution < -0.4 is 5.73 Å². The summed E-state index contributed by atoms with van der Waals surface area (Å²) in [5.74, 6) is 1.24. The lowest BCUT2D eigenvalue weighted by Crippen LogP contribution is -2.26. The predicted molar refractivity (Wildman–Crippen MR) is 72.7 cm³/mol. The van der Waals surface area contributed by atoms with Crippen molar-refractivity contribution < 1.29 is 0 Å². The molecule has 1 saturated heterocycles. The highest BCUT2D eigenvalue weighted by atomic mass is 79.9. The molecule has 3 nitrogen and oxygen atoms in total. The van der Waals surface area contributed by atoms with E-state index in [0.717, 1.165) is 10.2 Å². The lowest BCUT2D eigenvalue weighted by atomic mass is 10.1. The molecule has 5 heteroatoms. The van der Waals surface area contributed by atoms with Crippen LogP contribution in [0.25, 0.3) is 0 Å². The quantitative estimate of drug-likeness (QED) is 0.933. The van der Waals surface area contributed by atoms with Gasteiger partial charge in [-0.15, -0.1) is 0 Å². The van der Waals surface area contributed by atoms with Crippen molar-refractivity contribution >= 4 is 27.7 Å². The second-order valence-corrected chi connectivity index (χ2v) is 6.69. The summed E-state index contributed by atoms with van der Waals surface area (Å²) in [6.07, 6.45) is 4.37. The van der Waals surface area contributed by atoms with Gasteiger partial charge in [-0.2, -0.15) is 16.9 Å². The number of hydrogen-bond acceptors (Lipinski definition) is 3. The molecule has 1 aliphatic heterocycles. The minimum absolute atomic E-state index is 0.0896. The number of nitrogens with zero attached hydrogens (tertiary/aromatic N) is 2. The molecule has 2 atom stereocenters. The van der Waals surface area contributed by atoms with Gasteiger partial charge >= 0.3 is 0 Å². The van der Waals surface area contributed by atoms with Crippen LogP contribution in [0.5, 0.6) is 0 Å². The molecule has 0 aliphatic carbocycles. The maximum atomic E-state index is 6.37. The van der Waals surface area contributed by atoms with Gasteiger partial charge in [0.15, 0.2) is 0 Å². The molecule has 90 valence electrons. The van der Waals surface area contributed by atoms with E-state index in [4.69, 9.17) is 5.73 Å². The van der Waals surface area contributed by atoms with Crippen LogP contribution in [0, 0.1) is 0 Å². The van der Waals surface area contributed by atoms with E-state index in [2.05, 4.69) is 34.9 Å². The molecule has 0 bridgehead atoms.